The van der Waals surface area contributed by atoms with Crippen molar-refractivity contribution >= 4 is 16.8 Å². The van der Waals surface area contributed by atoms with Gasteiger partial charge in [-0.3, -0.25) is 4.79 Å². The van der Waals surface area contributed by atoms with Gasteiger partial charge in [0.25, 0.3) is 0 Å². The van der Waals surface area contributed by atoms with E-state index in [4.69, 9.17) is 9.47 Å². The van der Waals surface area contributed by atoms with E-state index < -0.39 is 0 Å². The fourth-order valence-electron chi connectivity index (χ4n) is 2.69. The van der Waals surface area contributed by atoms with Crippen LogP contribution in [0.1, 0.15) is 20.8 Å². The molecule has 0 bridgehead atoms. The van der Waals surface area contributed by atoms with Gasteiger partial charge in [0.1, 0.15) is 18.1 Å². The summed E-state index contributed by atoms with van der Waals surface area (Å²) in [6.07, 6.45) is 1.99. The summed E-state index contributed by atoms with van der Waals surface area (Å²) in [5.41, 5.74) is 1.84. The third-order valence-electron chi connectivity index (χ3n) is 3.84. The van der Waals surface area contributed by atoms with Crippen molar-refractivity contribution < 1.29 is 14.3 Å². The van der Waals surface area contributed by atoms with Gasteiger partial charge in [0.15, 0.2) is 0 Å². The van der Waals surface area contributed by atoms with Crippen LogP contribution in [0.5, 0.6) is 11.5 Å². The molecule has 3 aromatic rings. The molecule has 0 unspecified atom stereocenters. The molecule has 6 heteroatoms. The maximum atomic E-state index is 11.0. The summed E-state index contributed by atoms with van der Waals surface area (Å²) in [7, 11) is 0. The smallest absolute Gasteiger partial charge is 0.217 e. The minimum Gasteiger partial charge on any atom is -0.494 e. The zero-order chi connectivity index (χ0) is 18.5. The Bertz CT molecular complexity index is 887. The highest BCUT2D eigenvalue weighted by atomic mass is 16.5. The number of nitrogens with one attached hydrogen (secondary N) is 1. The van der Waals surface area contributed by atoms with Crippen LogP contribution in [0.4, 0.5) is 0 Å². The Morgan fingerprint density at radius 2 is 1.88 bits per heavy atom. The SMILES string of the molecule is CCOc1ccc2cn(-c3ccc(OC[C@H](C)NC(C)=O)cc3)nc2c1. The first-order valence-corrected chi connectivity index (χ1v) is 8.67. The summed E-state index contributed by atoms with van der Waals surface area (Å²) >= 11 is 0. The summed E-state index contributed by atoms with van der Waals surface area (Å²) in [5, 5.41) is 8.45. The van der Waals surface area contributed by atoms with Gasteiger partial charge in [0.2, 0.25) is 5.91 Å². The van der Waals surface area contributed by atoms with E-state index in [1.165, 1.54) is 6.92 Å². The van der Waals surface area contributed by atoms with Gasteiger partial charge in [-0.25, -0.2) is 4.68 Å². The van der Waals surface area contributed by atoms with Crippen molar-refractivity contribution in [1.29, 1.82) is 0 Å². The molecule has 0 aliphatic heterocycles. The summed E-state index contributed by atoms with van der Waals surface area (Å²) in [6.45, 7) is 6.42. The van der Waals surface area contributed by atoms with Crippen LogP contribution in [0.2, 0.25) is 0 Å². The third kappa shape index (κ3) is 4.33. The van der Waals surface area contributed by atoms with Crippen LogP contribution in [0.25, 0.3) is 16.6 Å². The molecule has 136 valence electrons. The number of nitrogens with zero attached hydrogens (tertiary/aromatic N) is 2. The zero-order valence-corrected chi connectivity index (χ0v) is 15.2. The molecule has 0 aliphatic rings. The molecule has 0 fully saturated rings. The molecular weight excluding hydrogens is 330 g/mol. The van der Waals surface area contributed by atoms with Crippen LogP contribution >= 0.6 is 0 Å². The van der Waals surface area contributed by atoms with Crippen molar-refractivity contribution in [3.63, 3.8) is 0 Å². The molecule has 1 aromatic heterocycles. The predicted octanol–water partition coefficient (Wildman–Crippen LogP) is 3.33. The van der Waals surface area contributed by atoms with Crippen LogP contribution in [-0.2, 0) is 4.79 Å². The summed E-state index contributed by atoms with van der Waals surface area (Å²) < 4.78 is 13.1. The van der Waals surface area contributed by atoms with E-state index in [2.05, 4.69) is 10.4 Å². The van der Waals surface area contributed by atoms with E-state index in [1.807, 2.05) is 67.2 Å². The molecule has 0 saturated heterocycles. The Balaban J connectivity index is 1.70. The highest BCUT2D eigenvalue weighted by Gasteiger charge is 2.07. The second-order valence-corrected chi connectivity index (χ2v) is 6.13. The molecule has 0 aliphatic carbocycles. The van der Waals surface area contributed by atoms with Crippen LogP contribution in [0.15, 0.2) is 48.7 Å². The van der Waals surface area contributed by atoms with Gasteiger partial charge in [0.05, 0.1) is 23.9 Å². The number of benzene rings is 2. The van der Waals surface area contributed by atoms with E-state index in [9.17, 15) is 4.79 Å². The number of rotatable bonds is 7. The number of carbonyl (C=O) groups is 1. The second kappa shape index (κ2) is 7.91. The Kier molecular flexibility index (Phi) is 5.41. The fraction of sp³-hybridized carbons (Fsp3) is 0.300. The number of fused-ring (bicyclic) bond motifs is 1. The molecule has 3 rings (SSSR count). The van der Waals surface area contributed by atoms with Crippen LogP contribution in [-0.4, -0.2) is 34.9 Å². The van der Waals surface area contributed by atoms with E-state index in [1.54, 1.807) is 0 Å². The van der Waals surface area contributed by atoms with Gasteiger partial charge in [0, 0.05) is 24.6 Å². The molecule has 0 radical (unpaired) electrons. The number of hydrogen-bond acceptors (Lipinski definition) is 4. The topological polar surface area (TPSA) is 65.4 Å². The number of amides is 1. The largest absolute Gasteiger partial charge is 0.494 e. The van der Waals surface area contributed by atoms with Crippen molar-refractivity contribution in [2.24, 2.45) is 0 Å². The number of hydrogen-bond donors (Lipinski definition) is 1. The predicted molar refractivity (Wildman–Crippen MR) is 101 cm³/mol. The minimum absolute atomic E-state index is 0.0388. The number of aromatic nitrogens is 2. The lowest BCUT2D eigenvalue weighted by Crippen LogP contribution is -2.35. The second-order valence-electron chi connectivity index (χ2n) is 6.13. The lowest BCUT2D eigenvalue weighted by Gasteiger charge is -2.14. The minimum atomic E-state index is -0.0605. The highest BCUT2D eigenvalue weighted by Crippen LogP contribution is 2.22. The Morgan fingerprint density at radius 3 is 2.58 bits per heavy atom. The average molecular weight is 353 g/mol. The standard InChI is InChI=1S/C20H23N3O3/c1-4-25-19-8-5-16-12-23(22-20(16)11-19)17-6-9-18(10-7-17)26-13-14(2)21-15(3)24/h5-12,14H,4,13H2,1-3H3,(H,21,24)/t14-/m0/s1. The molecule has 1 N–H and O–H groups in total. The number of carbonyl (C=O) groups excluding carboxylic acids is 1. The average Bonchev–Trinajstić information content (AvgIpc) is 3.03. The first-order chi connectivity index (χ1) is 12.5. The molecule has 0 saturated carbocycles. The normalized spacial score (nSPS) is 12.0. The Morgan fingerprint density at radius 1 is 1.15 bits per heavy atom. The Hall–Kier alpha value is -3.02. The molecule has 0 spiro atoms. The van der Waals surface area contributed by atoms with Gasteiger partial charge in [-0.05, 0) is 50.2 Å². The monoisotopic (exact) mass is 353 g/mol. The Labute approximate surface area is 152 Å². The number of ether oxygens (including phenoxy) is 2. The molecule has 26 heavy (non-hydrogen) atoms. The molecule has 2 aromatic carbocycles. The van der Waals surface area contributed by atoms with Gasteiger partial charge < -0.3 is 14.8 Å². The lowest BCUT2D eigenvalue weighted by molar-refractivity contribution is -0.119. The highest BCUT2D eigenvalue weighted by molar-refractivity contribution is 5.80. The van der Waals surface area contributed by atoms with Crippen molar-refractivity contribution in [3.8, 4) is 17.2 Å². The maximum Gasteiger partial charge on any atom is 0.217 e. The summed E-state index contributed by atoms with van der Waals surface area (Å²) in [4.78, 5) is 11.0. The molecule has 6 nitrogen and oxygen atoms in total. The van der Waals surface area contributed by atoms with E-state index >= 15 is 0 Å². The lowest BCUT2D eigenvalue weighted by atomic mass is 10.2. The van der Waals surface area contributed by atoms with Crippen molar-refractivity contribution in [3.05, 3.63) is 48.7 Å². The van der Waals surface area contributed by atoms with Gasteiger partial charge >= 0.3 is 0 Å². The van der Waals surface area contributed by atoms with Crippen molar-refractivity contribution in [2.75, 3.05) is 13.2 Å². The van der Waals surface area contributed by atoms with Crippen molar-refractivity contribution in [2.45, 2.75) is 26.8 Å². The zero-order valence-electron chi connectivity index (χ0n) is 15.2. The molecule has 1 atom stereocenters. The quantitative estimate of drug-likeness (QED) is 0.708. The van der Waals surface area contributed by atoms with Crippen molar-refractivity contribution in [1.82, 2.24) is 15.1 Å². The molecule has 1 heterocycles. The van der Waals surface area contributed by atoms with Crippen LogP contribution < -0.4 is 14.8 Å². The first kappa shape index (κ1) is 17.8. The van der Waals surface area contributed by atoms with Gasteiger partial charge in [-0.2, -0.15) is 5.10 Å². The third-order valence-corrected chi connectivity index (χ3v) is 3.84. The van der Waals surface area contributed by atoms with Gasteiger partial charge in [-0.15, -0.1) is 0 Å². The fourth-order valence-corrected chi connectivity index (χ4v) is 2.69. The van der Waals surface area contributed by atoms with Gasteiger partial charge in [-0.1, -0.05) is 0 Å². The maximum absolute atomic E-state index is 11.0. The van der Waals surface area contributed by atoms with Crippen LogP contribution in [0, 0.1) is 0 Å². The molecular formula is C20H23N3O3. The van der Waals surface area contributed by atoms with E-state index in [0.29, 0.717) is 13.2 Å². The summed E-state index contributed by atoms with van der Waals surface area (Å²) in [5.74, 6) is 1.51. The molecule has 1 amide bonds. The first-order valence-electron chi connectivity index (χ1n) is 8.67. The van der Waals surface area contributed by atoms with E-state index in [-0.39, 0.29) is 11.9 Å². The van der Waals surface area contributed by atoms with Crippen LogP contribution in [0.3, 0.4) is 0 Å². The van der Waals surface area contributed by atoms with E-state index in [0.717, 1.165) is 28.1 Å². The summed E-state index contributed by atoms with van der Waals surface area (Å²) in [6, 6.07) is 13.6.